The molecule has 0 unspecified atom stereocenters. The molecular formula is C31H47ClN4O3Si. The summed E-state index contributed by atoms with van der Waals surface area (Å²) in [6.07, 6.45) is 7.91. The quantitative estimate of drug-likeness (QED) is 0.204. The highest BCUT2D eigenvalue weighted by atomic mass is 35.5. The van der Waals surface area contributed by atoms with E-state index in [9.17, 15) is 4.79 Å². The first-order valence-corrected chi connectivity index (χ1v) is 18.0. The van der Waals surface area contributed by atoms with Crippen LogP contribution in [-0.4, -0.2) is 59.4 Å². The minimum absolute atomic E-state index is 0.0589. The largest absolute Gasteiger partial charge is 0.444 e. The van der Waals surface area contributed by atoms with Crippen LogP contribution in [0.15, 0.2) is 12.3 Å². The molecule has 0 N–H and O–H groups in total. The predicted octanol–water partition coefficient (Wildman–Crippen LogP) is 7.67. The Labute approximate surface area is 246 Å². The topological polar surface area (TPSA) is 69.5 Å². The first-order chi connectivity index (χ1) is 18.6. The highest BCUT2D eigenvalue weighted by Gasteiger charge is 2.42. The molecule has 1 aliphatic carbocycles. The first kappa shape index (κ1) is 30.9. The summed E-state index contributed by atoms with van der Waals surface area (Å²) >= 11 is 6.35. The molecule has 1 aliphatic heterocycles. The van der Waals surface area contributed by atoms with Crippen LogP contribution in [0.5, 0.6) is 0 Å². The van der Waals surface area contributed by atoms with E-state index in [-0.39, 0.29) is 22.5 Å². The second-order valence-electron chi connectivity index (χ2n) is 14.3. The number of piperidine rings is 1. The lowest BCUT2D eigenvalue weighted by atomic mass is 9.87. The normalized spacial score (nSPS) is 18.6. The van der Waals surface area contributed by atoms with Gasteiger partial charge in [-0.15, -0.1) is 0 Å². The molecule has 0 atom stereocenters. The van der Waals surface area contributed by atoms with Crippen LogP contribution in [0.4, 0.5) is 4.79 Å². The van der Waals surface area contributed by atoms with Crippen LogP contribution >= 0.6 is 11.6 Å². The van der Waals surface area contributed by atoms with Gasteiger partial charge in [0.2, 0.25) is 0 Å². The van der Waals surface area contributed by atoms with Crippen molar-refractivity contribution in [1.29, 1.82) is 0 Å². The van der Waals surface area contributed by atoms with E-state index in [1.807, 2.05) is 26.8 Å². The van der Waals surface area contributed by atoms with Crippen LogP contribution in [0, 0.1) is 23.2 Å². The summed E-state index contributed by atoms with van der Waals surface area (Å²) in [4.78, 5) is 18.6. The molecule has 1 saturated carbocycles. The molecule has 3 heterocycles. The maximum atomic E-state index is 12.4. The summed E-state index contributed by atoms with van der Waals surface area (Å²) in [5.74, 6) is 7.02. The second kappa shape index (κ2) is 11.7. The Hall–Kier alpha value is -2.08. The fourth-order valence-electron chi connectivity index (χ4n) is 5.30. The summed E-state index contributed by atoms with van der Waals surface area (Å²) in [6, 6.07) is 1.91. The third kappa shape index (κ3) is 7.40. The lowest BCUT2D eigenvalue weighted by molar-refractivity contribution is 0.0199. The standard InChI is InChI=1S/C31H47ClN4O3Si/c1-29(2,3)39-28(37)35-17-13-23(14-18-35)11-12-25-24-20-33-27(32)19-26(24)36(34-25)21-31(15-9-10-16-31)22-38-40(7,8)30(4,5)6/h19-20,23H,9-10,13-18,21-22H2,1-8H3. The van der Waals surface area contributed by atoms with Gasteiger partial charge in [0.15, 0.2) is 8.32 Å². The Morgan fingerprint density at radius 3 is 2.40 bits per heavy atom. The SMILES string of the molecule is CC(C)(C)OC(=O)N1CCC(C#Cc2nn(CC3(CO[Si](C)(C)C(C)(C)C)CCCC3)c3cc(Cl)ncc23)CC1. The number of carbonyl (C=O) groups is 1. The monoisotopic (exact) mass is 586 g/mol. The Morgan fingerprint density at radius 2 is 1.80 bits per heavy atom. The van der Waals surface area contributed by atoms with Crippen LogP contribution < -0.4 is 0 Å². The van der Waals surface area contributed by atoms with Crippen molar-refractivity contribution in [1.82, 2.24) is 19.7 Å². The number of likely N-dealkylation sites (tertiary alicyclic amines) is 1. The number of pyridine rings is 1. The molecule has 220 valence electrons. The van der Waals surface area contributed by atoms with Gasteiger partial charge in [0, 0.05) is 49.8 Å². The fraction of sp³-hybridized carbons (Fsp3) is 0.710. The van der Waals surface area contributed by atoms with E-state index >= 15 is 0 Å². The van der Waals surface area contributed by atoms with Crippen LogP contribution in [0.1, 0.15) is 85.8 Å². The first-order valence-electron chi connectivity index (χ1n) is 14.7. The van der Waals surface area contributed by atoms with Gasteiger partial charge >= 0.3 is 6.09 Å². The van der Waals surface area contributed by atoms with Crippen molar-refractivity contribution in [3.05, 3.63) is 23.1 Å². The number of amides is 1. The van der Waals surface area contributed by atoms with Gasteiger partial charge < -0.3 is 14.1 Å². The zero-order chi connectivity index (χ0) is 29.3. The zero-order valence-electron chi connectivity index (χ0n) is 25.7. The maximum Gasteiger partial charge on any atom is 0.410 e. The summed E-state index contributed by atoms with van der Waals surface area (Å²) in [5.41, 5.74) is 1.29. The second-order valence-corrected chi connectivity index (χ2v) is 19.5. The van der Waals surface area contributed by atoms with E-state index in [0.717, 1.165) is 55.4 Å². The summed E-state index contributed by atoms with van der Waals surface area (Å²) in [5, 5.41) is 6.58. The molecule has 0 radical (unpaired) electrons. The van der Waals surface area contributed by atoms with Gasteiger partial charge in [-0.2, -0.15) is 5.10 Å². The van der Waals surface area contributed by atoms with E-state index < -0.39 is 13.9 Å². The lowest BCUT2D eigenvalue weighted by Gasteiger charge is -2.40. The van der Waals surface area contributed by atoms with Gasteiger partial charge in [0.1, 0.15) is 16.4 Å². The van der Waals surface area contributed by atoms with Gasteiger partial charge in [-0.25, -0.2) is 9.78 Å². The van der Waals surface area contributed by atoms with Crippen molar-refractivity contribution in [2.24, 2.45) is 11.3 Å². The summed E-state index contributed by atoms with van der Waals surface area (Å²) < 4.78 is 14.4. The highest BCUT2D eigenvalue weighted by molar-refractivity contribution is 6.74. The molecule has 2 aliphatic rings. The molecular weight excluding hydrogens is 540 g/mol. The van der Waals surface area contributed by atoms with Gasteiger partial charge in [-0.05, 0) is 70.5 Å². The number of hydrogen-bond donors (Lipinski definition) is 0. The van der Waals surface area contributed by atoms with Crippen LogP contribution in [0.3, 0.4) is 0 Å². The fourth-order valence-corrected chi connectivity index (χ4v) is 6.55. The average Bonchev–Trinajstić information content (AvgIpc) is 3.45. The van der Waals surface area contributed by atoms with E-state index in [1.165, 1.54) is 12.8 Å². The molecule has 0 aromatic carbocycles. The number of carbonyl (C=O) groups excluding carboxylic acids is 1. The number of aromatic nitrogens is 3. The van der Waals surface area contributed by atoms with Crippen molar-refractivity contribution < 1.29 is 14.0 Å². The number of ether oxygens (including phenoxy) is 1. The van der Waals surface area contributed by atoms with E-state index in [1.54, 1.807) is 11.1 Å². The third-order valence-corrected chi connectivity index (χ3v) is 13.5. The number of fused-ring (bicyclic) bond motifs is 1. The van der Waals surface area contributed by atoms with Gasteiger partial charge in [0.25, 0.3) is 0 Å². The Balaban J connectivity index is 1.52. The molecule has 9 heteroatoms. The van der Waals surface area contributed by atoms with E-state index in [0.29, 0.717) is 18.2 Å². The van der Waals surface area contributed by atoms with Crippen LogP contribution in [-0.2, 0) is 15.7 Å². The maximum absolute atomic E-state index is 12.4. The molecule has 0 spiro atoms. The summed E-state index contributed by atoms with van der Waals surface area (Å²) in [6.45, 7) is 20.1. The van der Waals surface area contributed by atoms with Gasteiger partial charge in [-0.3, -0.25) is 4.68 Å². The van der Waals surface area contributed by atoms with Crippen molar-refractivity contribution in [3.63, 3.8) is 0 Å². The number of nitrogens with zero attached hydrogens (tertiary/aromatic N) is 4. The Morgan fingerprint density at radius 1 is 1.15 bits per heavy atom. The molecule has 2 aromatic heterocycles. The lowest BCUT2D eigenvalue weighted by Crippen LogP contribution is -2.44. The predicted molar refractivity (Wildman–Crippen MR) is 164 cm³/mol. The summed E-state index contributed by atoms with van der Waals surface area (Å²) in [7, 11) is -1.87. The van der Waals surface area contributed by atoms with Crippen molar-refractivity contribution in [2.45, 2.75) is 110 Å². The van der Waals surface area contributed by atoms with E-state index in [4.69, 9.17) is 25.9 Å². The molecule has 0 bridgehead atoms. The molecule has 1 saturated heterocycles. The minimum atomic E-state index is -1.87. The zero-order valence-corrected chi connectivity index (χ0v) is 27.5. The number of halogens is 1. The van der Waals surface area contributed by atoms with E-state index in [2.05, 4.69) is 55.4 Å². The molecule has 2 fully saturated rings. The van der Waals surface area contributed by atoms with Crippen LogP contribution in [0.2, 0.25) is 23.3 Å². The van der Waals surface area contributed by atoms with Crippen molar-refractivity contribution in [3.8, 4) is 11.8 Å². The van der Waals surface area contributed by atoms with Gasteiger partial charge in [-0.1, -0.05) is 51.1 Å². The van der Waals surface area contributed by atoms with Gasteiger partial charge in [0.05, 0.1) is 10.9 Å². The number of hydrogen-bond acceptors (Lipinski definition) is 5. The smallest absolute Gasteiger partial charge is 0.410 e. The Bertz CT molecular complexity index is 1270. The average molecular weight is 587 g/mol. The molecule has 4 rings (SSSR count). The van der Waals surface area contributed by atoms with Crippen molar-refractivity contribution in [2.75, 3.05) is 19.7 Å². The Kier molecular flexibility index (Phi) is 9.00. The van der Waals surface area contributed by atoms with Crippen molar-refractivity contribution >= 4 is 36.9 Å². The third-order valence-electron chi connectivity index (χ3n) is 8.84. The molecule has 7 nitrogen and oxygen atoms in total. The number of rotatable bonds is 5. The van der Waals surface area contributed by atoms with Crippen LogP contribution in [0.25, 0.3) is 10.9 Å². The molecule has 1 amide bonds. The highest BCUT2D eigenvalue weighted by Crippen LogP contribution is 2.44. The molecule has 40 heavy (non-hydrogen) atoms. The molecule has 2 aromatic rings. The minimum Gasteiger partial charge on any atom is -0.444 e.